The van der Waals surface area contributed by atoms with E-state index in [0.29, 0.717) is 0 Å². The van der Waals surface area contributed by atoms with Crippen LogP contribution in [0.4, 0.5) is 9.59 Å². The van der Waals surface area contributed by atoms with Crippen LogP contribution >= 0.6 is 0 Å². The average Bonchev–Trinajstić information content (AvgIpc) is 1.65. The molecule has 0 aliphatic rings. The number of rotatable bonds is 0. The number of methoxy groups -OCH3 is 1. The molecular weight excluding hydrogens is 132 g/mol. The number of hydrogen-bond donors (Lipinski definition) is 3. The van der Waals surface area contributed by atoms with Crippen molar-refractivity contribution in [3.05, 3.63) is 0 Å². The number of carbonyl (C=O) groups is 2. The van der Waals surface area contributed by atoms with Crippen molar-refractivity contribution in [2.24, 2.45) is 0 Å². The van der Waals surface area contributed by atoms with E-state index in [1.54, 1.807) is 0 Å². The molecular formula is C3H6O6. The normalized spacial score (nSPS) is 6.33. The van der Waals surface area contributed by atoms with Gasteiger partial charge in [-0.2, -0.15) is 0 Å². The van der Waals surface area contributed by atoms with Gasteiger partial charge in [-0.05, 0) is 0 Å². The minimum absolute atomic E-state index is 1.10. The molecule has 0 amide bonds. The third-order valence-corrected chi connectivity index (χ3v) is 0.175. The Morgan fingerprint density at radius 2 is 1.33 bits per heavy atom. The lowest BCUT2D eigenvalue weighted by Gasteiger charge is -1.79. The molecule has 0 fully saturated rings. The molecule has 0 bridgehead atoms. The van der Waals surface area contributed by atoms with Gasteiger partial charge in [-0.25, -0.2) is 9.59 Å². The van der Waals surface area contributed by atoms with Crippen LogP contribution in [0.25, 0.3) is 0 Å². The van der Waals surface area contributed by atoms with E-state index < -0.39 is 12.3 Å². The fraction of sp³-hybridized carbons (Fsp3) is 0.333. The Balaban J connectivity index is 0. The van der Waals surface area contributed by atoms with E-state index in [1.807, 2.05) is 0 Å². The zero-order chi connectivity index (χ0) is 7.86. The second kappa shape index (κ2) is 6.54. The maximum atomic E-state index is 9.15. The zero-order valence-corrected chi connectivity index (χ0v) is 4.57. The van der Waals surface area contributed by atoms with Crippen molar-refractivity contribution in [3.63, 3.8) is 0 Å². The molecule has 54 valence electrons. The van der Waals surface area contributed by atoms with Crippen molar-refractivity contribution < 1.29 is 29.6 Å². The third kappa shape index (κ3) is 462. The largest absolute Gasteiger partial charge is 0.505 e. The van der Waals surface area contributed by atoms with Crippen LogP contribution in [0.1, 0.15) is 0 Å². The van der Waals surface area contributed by atoms with E-state index >= 15 is 0 Å². The molecule has 0 spiro atoms. The maximum Gasteiger partial charge on any atom is 0.505 e. The van der Waals surface area contributed by atoms with Gasteiger partial charge in [-0.15, -0.1) is 0 Å². The number of ether oxygens (including phenoxy) is 1. The second-order valence-corrected chi connectivity index (χ2v) is 0.753. The number of hydrogen-bond acceptors (Lipinski definition) is 3. The Morgan fingerprint density at radius 1 is 1.22 bits per heavy atom. The summed E-state index contributed by atoms with van der Waals surface area (Å²) in [7, 11) is 1.10. The minimum Gasteiger partial charge on any atom is -0.450 e. The summed E-state index contributed by atoms with van der Waals surface area (Å²) in [6.45, 7) is 0. The molecule has 0 aromatic carbocycles. The van der Waals surface area contributed by atoms with E-state index in [0.717, 1.165) is 7.11 Å². The second-order valence-electron chi connectivity index (χ2n) is 0.753. The lowest BCUT2D eigenvalue weighted by atomic mass is 11.4. The van der Waals surface area contributed by atoms with Crippen molar-refractivity contribution in [2.75, 3.05) is 7.11 Å². The van der Waals surface area contributed by atoms with E-state index in [9.17, 15) is 0 Å². The predicted octanol–water partition coefficient (Wildman–Crippen LogP) is 0.533. The Labute approximate surface area is 50.3 Å². The fourth-order valence-electron chi connectivity index (χ4n) is 0. The molecule has 0 unspecified atom stereocenters. The van der Waals surface area contributed by atoms with Gasteiger partial charge in [0.25, 0.3) is 0 Å². The molecule has 9 heavy (non-hydrogen) atoms. The first-order valence-corrected chi connectivity index (χ1v) is 1.69. The van der Waals surface area contributed by atoms with Gasteiger partial charge in [0.05, 0.1) is 7.11 Å². The highest BCUT2D eigenvalue weighted by molar-refractivity contribution is 5.56. The lowest BCUT2D eigenvalue weighted by molar-refractivity contribution is 0.113. The summed E-state index contributed by atoms with van der Waals surface area (Å²) in [5, 5.41) is 21.4. The molecule has 0 aromatic rings. The Hall–Kier alpha value is -1.46. The highest BCUT2D eigenvalue weighted by atomic mass is 16.6. The Kier molecular flexibility index (Phi) is 7.64. The SMILES string of the molecule is COC(=O)O.O=C(O)O. The first-order valence-electron chi connectivity index (χ1n) is 1.69. The third-order valence-electron chi connectivity index (χ3n) is 0.175. The summed E-state index contributed by atoms with van der Waals surface area (Å²) in [6, 6.07) is 0. The zero-order valence-electron chi connectivity index (χ0n) is 4.57. The molecule has 0 saturated heterocycles. The Bertz CT molecular complexity index is 92.5. The summed E-state index contributed by atoms with van der Waals surface area (Å²) in [5.74, 6) is 0. The summed E-state index contributed by atoms with van der Waals surface area (Å²) in [4.78, 5) is 17.7. The van der Waals surface area contributed by atoms with Crippen LogP contribution in [0.15, 0.2) is 0 Å². The number of carboxylic acid groups (broad SMARTS) is 3. The first kappa shape index (κ1) is 10.5. The van der Waals surface area contributed by atoms with Gasteiger partial charge in [0.15, 0.2) is 0 Å². The summed E-state index contributed by atoms with van der Waals surface area (Å²) >= 11 is 0. The van der Waals surface area contributed by atoms with Gasteiger partial charge in [0.2, 0.25) is 0 Å². The monoisotopic (exact) mass is 138 g/mol. The van der Waals surface area contributed by atoms with Crippen LogP contribution < -0.4 is 0 Å². The molecule has 0 aromatic heterocycles. The Morgan fingerprint density at radius 3 is 1.33 bits per heavy atom. The van der Waals surface area contributed by atoms with E-state index in [2.05, 4.69) is 4.74 Å². The average molecular weight is 138 g/mol. The summed E-state index contributed by atoms with van der Waals surface area (Å²) < 4.78 is 3.67. The predicted molar refractivity (Wildman–Crippen MR) is 25.7 cm³/mol. The van der Waals surface area contributed by atoms with E-state index in [4.69, 9.17) is 24.9 Å². The molecule has 0 aliphatic carbocycles. The molecule has 0 saturated carbocycles. The van der Waals surface area contributed by atoms with Crippen LogP contribution in [-0.4, -0.2) is 34.7 Å². The minimum atomic E-state index is -1.83. The van der Waals surface area contributed by atoms with Crippen LogP contribution in [-0.2, 0) is 4.74 Å². The van der Waals surface area contributed by atoms with Crippen LogP contribution in [0.2, 0.25) is 0 Å². The first-order chi connectivity index (χ1) is 4.00. The molecule has 0 rings (SSSR count). The highest BCUT2D eigenvalue weighted by Gasteiger charge is 1.80. The highest BCUT2D eigenvalue weighted by Crippen LogP contribution is 1.60. The fourth-order valence-corrected chi connectivity index (χ4v) is 0. The van der Waals surface area contributed by atoms with Gasteiger partial charge in [0, 0.05) is 0 Å². The molecule has 6 heteroatoms. The van der Waals surface area contributed by atoms with Crippen molar-refractivity contribution in [3.8, 4) is 0 Å². The van der Waals surface area contributed by atoms with Gasteiger partial charge < -0.3 is 20.1 Å². The molecule has 6 nitrogen and oxygen atoms in total. The smallest absolute Gasteiger partial charge is 0.450 e. The summed E-state index contributed by atoms with van der Waals surface area (Å²) in [6.07, 6.45) is -3.08. The van der Waals surface area contributed by atoms with Gasteiger partial charge >= 0.3 is 12.3 Å². The molecule has 0 heterocycles. The van der Waals surface area contributed by atoms with Crippen LogP contribution in [0.3, 0.4) is 0 Å². The van der Waals surface area contributed by atoms with Gasteiger partial charge in [-0.3, -0.25) is 0 Å². The summed E-state index contributed by atoms with van der Waals surface area (Å²) in [5.41, 5.74) is 0. The topological polar surface area (TPSA) is 104 Å². The molecule has 0 aliphatic heterocycles. The van der Waals surface area contributed by atoms with Crippen molar-refractivity contribution in [1.29, 1.82) is 0 Å². The maximum absolute atomic E-state index is 9.15. The quantitative estimate of drug-likeness (QED) is 0.422. The van der Waals surface area contributed by atoms with Gasteiger partial charge in [0.1, 0.15) is 0 Å². The van der Waals surface area contributed by atoms with Crippen LogP contribution in [0.5, 0.6) is 0 Å². The van der Waals surface area contributed by atoms with E-state index in [1.165, 1.54) is 0 Å². The van der Waals surface area contributed by atoms with Crippen molar-refractivity contribution in [1.82, 2.24) is 0 Å². The lowest BCUT2D eigenvalue weighted by Crippen LogP contribution is -1.91. The van der Waals surface area contributed by atoms with E-state index in [-0.39, 0.29) is 0 Å². The standard InChI is InChI=1S/C2H4O3.CH2O3/c1-5-2(3)4;2-1(3)4/h1H3,(H,3,4);(H2,2,3,4). The molecule has 3 N–H and O–H groups in total. The van der Waals surface area contributed by atoms with Crippen LogP contribution in [0, 0.1) is 0 Å². The van der Waals surface area contributed by atoms with Gasteiger partial charge in [-0.1, -0.05) is 0 Å². The van der Waals surface area contributed by atoms with Crippen molar-refractivity contribution >= 4 is 12.3 Å². The molecule has 0 atom stereocenters. The molecule has 0 radical (unpaired) electrons. The van der Waals surface area contributed by atoms with Crippen molar-refractivity contribution in [2.45, 2.75) is 0 Å².